The average Bonchev–Trinajstić information content (AvgIpc) is 3.76. The number of pyridine rings is 1. The fourth-order valence-electron chi connectivity index (χ4n) is 5.43. The van der Waals surface area contributed by atoms with Crippen LogP contribution < -0.4 is 23.8 Å². The Balaban J connectivity index is 1.24. The summed E-state index contributed by atoms with van der Waals surface area (Å²) in [5.74, 6) is 3.37. The lowest BCUT2D eigenvalue weighted by Gasteiger charge is -2.44. The summed E-state index contributed by atoms with van der Waals surface area (Å²) in [5.41, 5.74) is 0. The summed E-state index contributed by atoms with van der Waals surface area (Å²) in [7, 11) is -0.666. The van der Waals surface area contributed by atoms with E-state index in [2.05, 4.69) is 19.5 Å². The molecule has 10 heteroatoms. The van der Waals surface area contributed by atoms with E-state index >= 15 is 0 Å². The summed E-state index contributed by atoms with van der Waals surface area (Å²) < 4.78 is 46.3. The third kappa shape index (κ3) is 6.13. The molecule has 3 fully saturated rings. The number of rotatable bonds is 10. The predicted octanol–water partition coefficient (Wildman–Crippen LogP) is 3.30. The van der Waals surface area contributed by atoms with E-state index < -0.39 is 10.0 Å². The molecule has 3 aliphatic rings. The van der Waals surface area contributed by atoms with Crippen LogP contribution in [-0.2, 0) is 10.0 Å². The summed E-state index contributed by atoms with van der Waals surface area (Å²) in [6.45, 7) is 4.16. The monoisotopic (exact) mass is 530 g/mol. The number of hydrogen-bond acceptors (Lipinski definition) is 8. The van der Waals surface area contributed by atoms with Crippen LogP contribution in [0.25, 0.3) is 0 Å². The van der Waals surface area contributed by atoms with E-state index in [0.29, 0.717) is 17.4 Å². The lowest BCUT2D eigenvalue weighted by atomic mass is 9.89. The largest absolute Gasteiger partial charge is 0.493 e. The zero-order valence-electron chi connectivity index (χ0n) is 21.8. The fraction of sp³-hybridized carbons (Fsp3) is 0.593. The number of methoxy groups -OCH3 is 2. The molecule has 202 valence electrons. The topological polar surface area (TPSA) is 93.2 Å². The van der Waals surface area contributed by atoms with Crippen molar-refractivity contribution >= 4 is 15.8 Å². The smallest absolute Gasteiger partial charge is 0.241 e. The van der Waals surface area contributed by atoms with Gasteiger partial charge in [0.15, 0.2) is 23.1 Å². The molecule has 2 aliphatic carbocycles. The molecule has 2 heterocycles. The molecule has 2 aromatic rings. The molecule has 5 rings (SSSR count). The fourth-order valence-corrected chi connectivity index (χ4v) is 6.75. The van der Waals surface area contributed by atoms with Crippen LogP contribution in [0, 0.1) is 5.92 Å². The van der Waals surface area contributed by atoms with Crippen LogP contribution >= 0.6 is 0 Å². The van der Waals surface area contributed by atoms with E-state index in [1.165, 1.54) is 33.1 Å². The molecule has 1 aliphatic heterocycles. The highest BCUT2D eigenvalue weighted by atomic mass is 32.2. The number of anilines is 1. The van der Waals surface area contributed by atoms with Crippen molar-refractivity contribution in [3.05, 3.63) is 36.5 Å². The first-order valence-corrected chi connectivity index (χ1v) is 14.8. The van der Waals surface area contributed by atoms with Gasteiger partial charge in [0.05, 0.1) is 25.7 Å². The van der Waals surface area contributed by atoms with E-state index in [1.54, 1.807) is 12.1 Å². The van der Waals surface area contributed by atoms with Crippen LogP contribution in [0.3, 0.4) is 0 Å². The van der Waals surface area contributed by atoms with Crippen LogP contribution in [0.5, 0.6) is 17.2 Å². The number of nitrogens with one attached hydrogen (secondary N) is 1. The molecule has 37 heavy (non-hydrogen) atoms. The van der Waals surface area contributed by atoms with E-state index in [4.69, 9.17) is 14.2 Å². The van der Waals surface area contributed by atoms with Gasteiger partial charge in [-0.25, -0.2) is 18.1 Å². The van der Waals surface area contributed by atoms with E-state index in [-0.39, 0.29) is 17.0 Å². The number of benzene rings is 1. The van der Waals surface area contributed by atoms with Crippen molar-refractivity contribution in [2.75, 3.05) is 51.9 Å². The van der Waals surface area contributed by atoms with Gasteiger partial charge in [-0.3, -0.25) is 4.90 Å². The molecule has 2 saturated carbocycles. The summed E-state index contributed by atoms with van der Waals surface area (Å²) in [6, 6.07) is 8.69. The maximum absolute atomic E-state index is 13.3. The van der Waals surface area contributed by atoms with Crippen LogP contribution in [0.1, 0.15) is 38.5 Å². The lowest BCUT2D eigenvalue weighted by Crippen LogP contribution is -2.58. The Morgan fingerprint density at radius 3 is 2.43 bits per heavy atom. The molecule has 1 aromatic carbocycles. The second-order valence-electron chi connectivity index (χ2n) is 10.2. The minimum Gasteiger partial charge on any atom is -0.493 e. The lowest BCUT2D eigenvalue weighted by molar-refractivity contribution is 0.123. The van der Waals surface area contributed by atoms with Gasteiger partial charge in [0, 0.05) is 50.5 Å². The Bertz CT molecular complexity index is 1170. The van der Waals surface area contributed by atoms with Gasteiger partial charge in [-0.05, 0) is 55.9 Å². The highest BCUT2D eigenvalue weighted by Crippen LogP contribution is 2.34. The summed E-state index contributed by atoms with van der Waals surface area (Å²) in [6.07, 6.45) is 8.28. The number of sulfonamides is 1. The van der Waals surface area contributed by atoms with Gasteiger partial charge in [-0.1, -0.05) is 12.8 Å². The Morgan fingerprint density at radius 1 is 0.946 bits per heavy atom. The van der Waals surface area contributed by atoms with Crippen molar-refractivity contribution in [3.8, 4) is 17.2 Å². The first-order chi connectivity index (χ1) is 18.0. The molecular weight excluding hydrogens is 492 g/mol. The molecule has 0 amide bonds. The van der Waals surface area contributed by atoms with Crippen molar-refractivity contribution < 1.29 is 22.6 Å². The van der Waals surface area contributed by atoms with Gasteiger partial charge in [0.25, 0.3) is 0 Å². The van der Waals surface area contributed by atoms with Crippen molar-refractivity contribution in [1.29, 1.82) is 0 Å². The molecule has 2 atom stereocenters. The Kier molecular flexibility index (Phi) is 8.07. The van der Waals surface area contributed by atoms with Crippen molar-refractivity contribution in [2.45, 2.75) is 55.5 Å². The first kappa shape index (κ1) is 26.1. The molecular formula is C27H38N4O5S. The molecule has 9 nitrogen and oxygen atoms in total. The van der Waals surface area contributed by atoms with Crippen molar-refractivity contribution in [3.63, 3.8) is 0 Å². The SMILES string of the molecule is COc1ccc(S(=O)(=O)NC2CCCCC2N2CCN(c3ncccc3OCC3CC3)CC2)cc1OC. The van der Waals surface area contributed by atoms with E-state index in [1.807, 2.05) is 18.3 Å². The van der Waals surface area contributed by atoms with Gasteiger partial charge in [-0.2, -0.15) is 0 Å². The predicted molar refractivity (Wildman–Crippen MR) is 142 cm³/mol. The summed E-state index contributed by atoms with van der Waals surface area (Å²) in [4.78, 5) is 9.57. The maximum atomic E-state index is 13.3. The van der Waals surface area contributed by atoms with Gasteiger partial charge in [-0.15, -0.1) is 0 Å². The number of aromatic nitrogens is 1. The van der Waals surface area contributed by atoms with Crippen molar-refractivity contribution in [1.82, 2.24) is 14.6 Å². The summed E-state index contributed by atoms with van der Waals surface area (Å²) >= 11 is 0. The van der Waals surface area contributed by atoms with Gasteiger partial charge in [0.1, 0.15) is 0 Å². The number of ether oxygens (including phenoxy) is 3. The van der Waals surface area contributed by atoms with Crippen LogP contribution in [0.2, 0.25) is 0 Å². The Morgan fingerprint density at radius 2 is 1.70 bits per heavy atom. The molecule has 1 saturated heterocycles. The number of hydrogen-bond donors (Lipinski definition) is 1. The van der Waals surface area contributed by atoms with Crippen molar-refractivity contribution in [2.24, 2.45) is 5.92 Å². The minimum absolute atomic E-state index is 0.134. The van der Waals surface area contributed by atoms with E-state index in [9.17, 15) is 8.42 Å². The minimum atomic E-state index is -3.71. The highest BCUT2D eigenvalue weighted by molar-refractivity contribution is 7.89. The van der Waals surface area contributed by atoms with Gasteiger partial charge < -0.3 is 19.1 Å². The third-order valence-corrected chi connectivity index (χ3v) is 9.19. The normalized spacial score (nSPS) is 23.0. The molecule has 2 unspecified atom stereocenters. The molecule has 1 N–H and O–H groups in total. The number of nitrogens with zero attached hydrogens (tertiary/aromatic N) is 3. The molecule has 0 bridgehead atoms. The van der Waals surface area contributed by atoms with Gasteiger partial charge >= 0.3 is 0 Å². The third-order valence-electron chi connectivity index (χ3n) is 7.71. The highest BCUT2D eigenvalue weighted by Gasteiger charge is 2.35. The molecule has 0 spiro atoms. The molecule has 1 aromatic heterocycles. The van der Waals surface area contributed by atoms with Crippen LogP contribution in [0.15, 0.2) is 41.4 Å². The zero-order chi connectivity index (χ0) is 25.8. The quantitative estimate of drug-likeness (QED) is 0.500. The average molecular weight is 531 g/mol. The standard InChI is InChI=1S/C27H38N4O5S/c1-34-24-12-11-21(18-26(24)35-2)37(32,33)29-22-6-3-4-7-23(22)30-14-16-31(17-15-30)27-25(8-5-13-28-27)36-19-20-9-10-20/h5,8,11-13,18,20,22-23,29H,3-4,6-7,9-10,14-17,19H2,1-2H3. The second kappa shape index (κ2) is 11.4. The molecule has 0 radical (unpaired) electrons. The maximum Gasteiger partial charge on any atom is 0.241 e. The zero-order valence-corrected chi connectivity index (χ0v) is 22.6. The Labute approximate surface area is 220 Å². The Hall–Kier alpha value is -2.56. The van der Waals surface area contributed by atoms with Crippen LogP contribution in [0.4, 0.5) is 5.82 Å². The summed E-state index contributed by atoms with van der Waals surface area (Å²) in [5, 5.41) is 0. The van der Waals surface area contributed by atoms with E-state index in [0.717, 1.165) is 70.0 Å². The van der Waals surface area contributed by atoms with Crippen LogP contribution in [-0.4, -0.2) is 77.4 Å². The number of piperazine rings is 1. The second-order valence-corrected chi connectivity index (χ2v) is 11.9. The first-order valence-electron chi connectivity index (χ1n) is 13.3. The van der Waals surface area contributed by atoms with Gasteiger partial charge in [0.2, 0.25) is 10.0 Å².